The quantitative estimate of drug-likeness (QED) is 0.630. The van der Waals surface area contributed by atoms with Gasteiger partial charge >= 0.3 is 0 Å². The minimum absolute atomic E-state index is 0.547. The molecule has 0 amide bonds. The molecule has 2 rings (SSSR count). The first-order valence-corrected chi connectivity index (χ1v) is 4.28. The number of hydrogen-bond acceptors (Lipinski definition) is 2. The van der Waals surface area contributed by atoms with Gasteiger partial charge in [-0.3, -0.25) is 4.98 Å². The fourth-order valence-electron chi connectivity index (χ4n) is 1.55. The highest BCUT2D eigenvalue weighted by Gasteiger charge is 2.23. The van der Waals surface area contributed by atoms with Crippen LogP contribution in [-0.2, 0) is 4.74 Å². The van der Waals surface area contributed by atoms with Gasteiger partial charge < -0.3 is 4.74 Å². The predicted molar refractivity (Wildman–Crippen MR) is 47.3 cm³/mol. The van der Waals surface area contributed by atoms with Crippen LogP contribution in [0.25, 0.3) is 0 Å². The molecule has 12 heavy (non-hydrogen) atoms. The maximum atomic E-state index is 5.13. The van der Waals surface area contributed by atoms with Gasteiger partial charge in [-0.25, -0.2) is 0 Å². The predicted octanol–water partition coefficient (Wildman–Crippen LogP) is 1.81. The summed E-state index contributed by atoms with van der Waals surface area (Å²) in [5, 5.41) is 0. The Morgan fingerprint density at radius 1 is 1.42 bits per heavy atom. The molecular formula is C10H13NO. The first-order chi connectivity index (χ1) is 5.77. The van der Waals surface area contributed by atoms with E-state index >= 15 is 0 Å². The fourth-order valence-corrected chi connectivity index (χ4v) is 1.55. The molecule has 0 unspecified atom stereocenters. The van der Waals surface area contributed by atoms with Crippen LogP contribution in [0.15, 0.2) is 12.3 Å². The average molecular weight is 163 g/mol. The highest BCUT2D eigenvalue weighted by Crippen LogP contribution is 2.24. The molecular weight excluding hydrogens is 150 g/mol. The number of nitrogens with zero attached hydrogens (tertiary/aromatic N) is 1. The van der Waals surface area contributed by atoms with Gasteiger partial charge in [0.25, 0.3) is 0 Å². The van der Waals surface area contributed by atoms with Gasteiger partial charge in [0.05, 0.1) is 18.9 Å². The maximum absolute atomic E-state index is 5.13. The minimum Gasteiger partial charge on any atom is -0.380 e. The smallest absolute Gasteiger partial charge is 0.0572 e. The van der Waals surface area contributed by atoms with Gasteiger partial charge in [0.15, 0.2) is 0 Å². The van der Waals surface area contributed by atoms with Crippen LogP contribution in [-0.4, -0.2) is 18.2 Å². The Kier molecular flexibility index (Phi) is 1.85. The first kappa shape index (κ1) is 7.74. The van der Waals surface area contributed by atoms with E-state index in [1.807, 2.05) is 6.20 Å². The van der Waals surface area contributed by atoms with Crippen molar-refractivity contribution in [3.05, 3.63) is 29.1 Å². The zero-order valence-electron chi connectivity index (χ0n) is 7.50. The van der Waals surface area contributed by atoms with Crippen molar-refractivity contribution in [2.24, 2.45) is 0 Å². The lowest BCUT2D eigenvalue weighted by molar-refractivity contribution is 0.00643. The molecule has 0 spiro atoms. The normalized spacial score (nSPS) is 17.5. The second kappa shape index (κ2) is 2.87. The highest BCUT2D eigenvalue weighted by molar-refractivity contribution is 5.26. The summed E-state index contributed by atoms with van der Waals surface area (Å²) in [6.45, 7) is 5.88. The summed E-state index contributed by atoms with van der Waals surface area (Å²) < 4.78 is 5.13. The van der Waals surface area contributed by atoms with E-state index in [0.717, 1.165) is 13.2 Å². The molecule has 1 aliphatic heterocycles. The molecule has 0 bridgehead atoms. The van der Waals surface area contributed by atoms with E-state index in [1.54, 1.807) is 0 Å². The zero-order valence-corrected chi connectivity index (χ0v) is 7.50. The number of pyridine rings is 1. The van der Waals surface area contributed by atoms with Gasteiger partial charge in [0, 0.05) is 12.1 Å². The summed E-state index contributed by atoms with van der Waals surface area (Å²) in [7, 11) is 0. The molecule has 0 aliphatic carbocycles. The number of ether oxygens (including phenoxy) is 1. The number of aryl methyl sites for hydroxylation is 2. The Bertz CT molecular complexity index is 292. The van der Waals surface area contributed by atoms with Crippen LogP contribution in [0, 0.1) is 13.8 Å². The topological polar surface area (TPSA) is 22.1 Å². The van der Waals surface area contributed by atoms with Crippen LogP contribution < -0.4 is 0 Å². The molecule has 1 aromatic heterocycles. The summed E-state index contributed by atoms with van der Waals surface area (Å²) >= 11 is 0. The SMILES string of the molecule is Cc1cnc(C2COC2)c(C)c1. The monoisotopic (exact) mass is 163 g/mol. The fraction of sp³-hybridized carbons (Fsp3) is 0.500. The van der Waals surface area contributed by atoms with Gasteiger partial charge in [0.2, 0.25) is 0 Å². The first-order valence-electron chi connectivity index (χ1n) is 4.28. The molecule has 0 N–H and O–H groups in total. The van der Waals surface area contributed by atoms with Gasteiger partial charge in [-0.15, -0.1) is 0 Å². The van der Waals surface area contributed by atoms with Gasteiger partial charge in [0.1, 0.15) is 0 Å². The third-order valence-corrected chi connectivity index (χ3v) is 2.28. The molecule has 2 nitrogen and oxygen atoms in total. The van der Waals surface area contributed by atoms with Crippen LogP contribution in [0.3, 0.4) is 0 Å². The zero-order chi connectivity index (χ0) is 8.55. The Morgan fingerprint density at radius 2 is 2.17 bits per heavy atom. The summed E-state index contributed by atoms with van der Waals surface area (Å²) in [6, 6.07) is 2.18. The second-order valence-corrected chi connectivity index (χ2v) is 3.45. The van der Waals surface area contributed by atoms with Crippen molar-refractivity contribution in [2.75, 3.05) is 13.2 Å². The van der Waals surface area contributed by atoms with Crippen molar-refractivity contribution >= 4 is 0 Å². The van der Waals surface area contributed by atoms with Crippen molar-refractivity contribution in [2.45, 2.75) is 19.8 Å². The molecule has 64 valence electrons. The molecule has 0 atom stereocenters. The van der Waals surface area contributed by atoms with Gasteiger partial charge in [-0.05, 0) is 25.0 Å². The molecule has 2 heteroatoms. The Morgan fingerprint density at radius 3 is 2.67 bits per heavy atom. The largest absolute Gasteiger partial charge is 0.380 e. The van der Waals surface area contributed by atoms with Crippen LogP contribution in [0.2, 0.25) is 0 Å². The van der Waals surface area contributed by atoms with E-state index in [1.165, 1.54) is 16.8 Å². The van der Waals surface area contributed by atoms with E-state index in [9.17, 15) is 0 Å². The lowest BCUT2D eigenvalue weighted by Crippen LogP contribution is -2.26. The van der Waals surface area contributed by atoms with Gasteiger partial charge in [-0.2, -0.15) is 0 Å². The van der Waals surface area contributed by atoms with E-state index in [4.69, 9.17) is 4.74 Å². The summed E-state index contributed by atoms with van der Waals surface area (Å²) in [4.78, 5) is 4.42. The summed E-state index contributed by atoms with van der Waals surface area (Å²) in [6.07, 6.45) is 1.93. The third-order valence-electron chi connectivity index (χ3n) is 2.28. The average Bonchev–Trinajstić information content (AvgIpc) is 1.91. The number of hydrogen-bond donors (Lipinski definition) is 0. The van der Waals surface area contributed by atoms with E-state index in [2.05, 4.69) is 24.9 Å². The molecule has 1 fully saturated rings. The van der Waals surface area contributed by atoms with E-state index < -0.39 is 0 Å². The Labute approximate surface area is 72.6 Å². The molecule has 0 saturated carbocycles. The van der Waals surface area contributed by atoms with Gasteiger partial charge in [-0.1, -0.05) is 6.07 Å². The Balaban J connectivity index is 2.31. The number of aromatic nitrogens is 1. The van der Waals surface area contributed by atoms with Crippen molar-refractivity contribution in [3.8, 4) is 0 Å². The third kappa shape index (κ3) is 1.23. The molecule has 2 heterocycles. The second-order valence-electron chi connectivity index (χ2n) is 3.45. The highest BCUT2D eigenvalue weighted by atomic mass is 16.5. The molecule has 1 aliphatic rings. The van der Waals surface area contributed by atoms with Crippen molar-refractivity contribution < 1.29 is 4.74 Å². The summed E-state index contributed by atoms with van der Waals surface area (Å²) in [5.74, 6) is 0.547. The van der Waals surface area contributed by atoms with Crippen molar-refractivity contribution in [3.63, 3.8) is 0 Å². The van der Waals surface area contributed by atoms with Crippen LogP contribution in [0.1, 0.15) is 22.7 Å². The minimum atomic E-state index is 0.547. The standard InChI is InChI=1S/C10H13NO/c1-7-3-8(2)10(11-4-7)9-5-12-6-9/h3-4,9H,5-6H2,1-2H3. The van der Waals surface area contributed by atoms with Crippen LogP contribution >= 0.6 is 0 Å². The maximum Gasteiger partial charge on any atom is 0.0572 e. The van der Waals surface area contributed by atoms with Crippen molar-refractivity contribution in [1.29, 1.82) is 0 Å². The molecule has 1 aromatic rings. The summed E-state index contributed by atoms with van der Waals surface area (Å²) in [5.41, 5.74) is 3.74. The molecule has 1 saturated heterocycles. The molecule has 0 radical (unpaired) electrons. The lowest BCUT2D eigenvalue weighted by atomic mass is 9.98. The van der Waals surface area contributed by atoms with Crippen LogP contribution in [0.5, 0.6) is 0 Å². The lowest BCUT2D eigenvalue weighted by Gasteiger charge is -2.26. The number of rotatable bonds is 1. The van der Waals surface area contributed by atoms with Crippen molar-refractivity contribution in [1.82, 2.24) is 4.98 Å². The van der Waals surface area contributed by atoms with E-state index in [0.29, 0.717) is 5.92 Å². The van der Waals surface area contributed by atoms with Crippen LogP contribution in [0.4, 0.5) is 0 Å². The Hall–Kier alpha value is -0.890. The van der Waals surface area contributed by atoms with E-state index in [-0.39, 0.29) is 0 Å². The molecule has 0 aromatic carbocycles.